The Kier molecular flexibility index (Phi) is 4.17. The van der Waals surface area contributed by atoms with Crippen LogP contribution in [0.3, 0.4) is 0 Å². The predicted molar refractivity (Wildman–Crippen MR) is 109 cm³/mol. The highest BCUT2D eigenvalue weighted by molar-refractivity contribution is 7.20. The number of hydrogen-bond donors (Lipinski definition) is 0. The number of nitrogens with zero attached hydrogens (tertiary/aromatic N) is 2. The highest BCUT2D eigenvalue weighted by Crippen LogP contribution is 2.34. The highest BCUT2D eigenvalue weighted by atomic mass is 32.1. The molecule has 0 saturated carbocycles. The van der Waals surface area contributed by atoms with Gasteiger partial charge < -0.3 is 4.90 Å². The molecule has 136 valence electrons. The number of halogens is 1. The summed E-state index contributed by atoms with van der Waals surface area (Å²) >= 11 is 3.17. The molecule has 4 aromatic rings. The summed E-state index contributed by atoms with van der Waals surface area (Å²) in [6.07, 6.45) is 2.03. The van der Waals surface area contributed by atoms with Crippen molar-refractivity contribution in [1.29, 1.82) is 0 Å². The van der Waals surface area contributed by atoms with E-state index in [0.717, 1.165) is 40.0 Å². The zero-order valence-corrected chi connectivity index (χ0v) is 16.2. The molecule has 3 heterocycles. The van der Waals surface area contributed by atoms with E-state index in [1.54, 1.807) is 17.4 Å². The Morgan fingerprint density at radius 3 is 2.89 bits per heavy atom. The molecule has 1 amide bonds. The van der Waals surface area contributed by atoms with E-state index in [9.17, 15) is 9.18 Å². The lowest BCUT2D eigenvalue weighted by molar-refractivity contribution is 0.0712. The molecule has 0 radical (unpaired) electrons. The van der Waals surface area contributed by atoms with Crippen LogP contribution in [0.1, 0.15) is 33.4 Å². The first kappa shape index (κ1) is 16.8. The van der Waals surface area contributed by atoms with Crippen molar-refractivity contribution in [2.45, 2.75) is 18.8 Å². The van der Waals surface area contributed by atoms with Crippen LogP contribution in [0.15, 0.2) is 48.5 Å². The van der Waals surface area contributed by atoms with Gasteiger partial charge in [0.05, 0.1) is 20.1 Å². The van der Waals surface area contributed by atoms with Gasteiger partial charge in [-0.3, -0.25) is 4.79 Å². The standard InChI is InChI=1S/C21H17FN2OS2/c22-15-7-8-17-14(10-15)11-19(26-17)21(25)24-9-3-4-13(12-24)20-23-16-5-1-2-6-18(16)27-20/h1-2,5-8,10-11,13H,3-4,9,12H2. The van der Waals surface area contributed by atoms with Crippen molar-refractivity contribution >= 4 is 48.9 Å². The monoisotopic (exact) mass is 396 g/mol. The lowest BCUT2D eigenvalue weighted by atomic mass is 9.98. The molecule has 1 atom stereocenters. The Morgan fingerprint density at radius 1 is 1.11 bits per heavy atom. The average Bonchev–Trinajstić information content (AvgIpc) is 3.31. The first-order valence-corrected chi connectivity index (χ1v) is 10.6. The number of para-hydroxylation sites is 1. The zero-order chi connectivity index (χ0) is 18.4. The van der Waals surface area contributed by atoms with Gasteiger partial charge in [-0.05, 0) is 54.6 Å². The molecular formula is C21H17FN2OS2. The number of fused-ring (bicyclic) bond motifs is 2. The molecule has 1 saturated heterocycles. The molecule has 6 heteroatoms. The molecule has 1 aliphatic rings. The fraction of sp³-hybridized carbons (Fsp3) is 0.238. The van der Waals surface area contributed by atoms with Crippen LogP contribution in [0.4, 0.5) is 4.39 Å². The third kappa shape index (κ3) is 3.13. The number of thiazole rings is 1. The molecule has 2 aromatic carbocycles. The molecule has 3 nitrogen and oxygen atoms in total. The maximum absolute atomic E-state index is 13.4. The van der Waals surface area contributed by atoms with Gasteiger partial charge in [-0.1, -0.05) is 12.1 Å². The number of hydrogen-bond acceptors (Lipinski definition) is 4. The SMILES string of the molecule is O=C(c1cc2cc(F)ccc2s1)N1CCCC(c2nc3ccccc3s2)C1. The molecule has 0 spiro atoms. The summed E-state index contributed by atoms with van der Waals surface area (Å²) in [6, 6.07) is 14.7. The van der Waals surface area contributed by atoms with E-state index in [1.165, 1.54) is 28.2 Å². The van der Waals surface area contributed by atoms with E-state index in [4.69, 9.17) is 4.98 Å². The van der Waals surface area contributed by atoms with E-state index in [2.05, 4.69) is 6.07 Å². The topological polar surface area (TPSA) is 33.2 Å². The van der Waals surface area contributed by atoms with Crippen molar-refractivity contribution in [3.8, 4) is 0 Å². The summed E-state index contributed by atoms with van der Waals surface area (Å²) in [5.74, 6) is 0.0579. The van der Waals surface area contributed by atoms with Crippen LogP contribution in [-0.2, 0) is 0 Å². The minimum Gasteiger partial charge on any atom is -0.337 e. The van der Waals surface area contributed by atoms with Crippen molar-refractivity contribution < 1.29 is 9.18 Å². The Labute approximate surface area is 164 Å². The summed E-state index contributed by atoms with van der Waals surface area (Å²) < 4.78 is 15.6. The maximum Gasteiger partial charge on any atom is 0.263 e. The second kappa shape index (κ2) is 6.69. The fourth-order valence-corrected chi connectivity index (χ4v) is 5.81. The normalized spacial score (nSPS) is 17.7. The van der Waals surface area contributed by atoms with Crippen LogP contribution in [0.5, 0.6) is 0 Å². The van der Waals surface area contributed by atoms with E-state index in [1.807, 2.05) is 29.2 Å². The third-order valence-electron chi connectivity index (χ3n) is 5.06. The molecule has 1 fully saturated rings. The van der Waals surface area contributed by atoms with Gasteiger partial charge in [0, 0.05) is 23.7 Å². The van der Waals surface area contributed by atoms with Crippen molar-refractivity contribution in [3.63, 3.8) is 0 Å². The average molecular weight is 397 g/mol. The number of carbonyl (C=O) groups excluding carboxylic acids is 1. The first-order valence-electron chi connectivity index (χ1n) is 9.01. The fourth-order valence-electron chi connectivity index (χ4n) is 3.70. The summed E-state index contributed by atoms with van der Waals surface area (Å²) in [5, 5.41) is 1.91. The summed E-state index contributed by atoms with van der Waals surface area (Å²) in [7, 11) is 0. The minimum absolute atomic E-state index is 0.0439. The van der Waals surface area contributed by atoms with Gasteiger partial charge in [-0.2, -0.15) is 0 Å². The van der Waals surface area contributed by atoms with Crippen LogP contribution in [-0.4, -0.2) is 28.9 Å². The quantitative estimate of drug-likeness (QED) is 0.437. The molecule has 0 aliphatic carbocycles. The number of amides is 1. The summed E-state index contributed by atoms with van der Waals surface area (Å²) in [6.45, 7) is 1.46. The predicted octanol–water partition coefficient (Wildman–Crippen LogP) is 5.67. The van der Waals surface area contributed by atoms with Gasteiger partial charge in [0.25, 0.3) is 5.91 Å². The number of likely N-dealkylation sites (tertiary alicyclic amines) is 1. The Balaban J connectivity index is 1.40. The Hall–Kier alpha value is -2.31. The maximum atomic E-state index is 13.4. The van der Waals surface area contributed by atoms with Gasteiger partial charge in [0.2, 0.25) is 0 Å². The van der Waals surface area contributed by atoms with Crippen molar-refractivity contribution in [1.82, 2.24) is 9.88 Å². The number of thiophene rings is 1. The largest absolute Gasteiger partial charge is 0.337 e. The second-order valence-electron chi connectivity index (χ2n) is 6.90. The van der Waals surface area contributed by atoms with Crippen molar-refractivity contribution in [2.75, 3.05) is 13.1 Å². The first-order chi connectivity index (χ1) is 13.2. The van der Waals surface area contributed by atoms with E-state index < -0.39 is 0 Å². The lowest BCUT2D eigenvalue weighted by Crippen LogP contribution is -2.38. The molecule has 5 rings (SSSR count). The molecule has 27 heavy (non-hydrogen) atoms. The minimum atomic E-state index is -0.270. The highest BCUT2D eigenvalue weighted by Gasteiger charge is 2.28. The van der Waals surface area contributed by atoms with Crippen LogP contribution < -0.4 is 0 Å². The van der Waals surface area contributed by atoms with E-state index in [-0.39, 0.29) is 17.6 Å². The molecule has 2 aromatic heterocycles. The Morgan fingerprint density at radius 2 is 2.00 bits per heavy atom. The van der Waals surface area contributed by atoms with Crippen LogP contribution in [0.2, 0.25) is 0 Å². The van der Waals surface area contributed by atoms with E-state index in [0.29, 0.717) is 11.4 Å². The number of aromatic nitrogens is 1. The van der Waals surface area contributed by atoms with Gasteiger partial charge in [0.15, 0.2) is 0 Å². The van der Waals surface area contributed by atoms with Gasteiger partial charge in [-0.15, -0.1) is 22.7 Å². The number of rotatable bonds is 2. The molecule has 1 unspecified atom stereocenters. The van der Waals surface area contributed by atoms with Crippen molar-refractivity contribution in [2.24, 2.45) is 0 Å². The number of piperidine rings is 1. The van der Waals surface area contributed by atoms with Crippen molar-refractivity contribution in [3.05, 3.63) is 64.2 Å². The smallest absolute Gasteiger partial charge is 0.263 e. The Bertz CT molecular complexity index is 1120. The molecule has 1 aliphatic heterocycles. The molecule has 0 N–H and O–H groups in total. The lowest BCUT2D eigenvalue weighted by Gasteiger charge is -2.31. The van der Waals surface area contributed by atoms with E-state index >= 15 is 0 Å². The third-order valence-corrected chi connectivity index (χ3v) is 7.36. The van der Waals surface area contributed by atoms with Crippen LogP contribution in [0, 0.1) is 5.82 Å². The number of benzene rings is 2. The molecule has 0 bridgehead atoms. The van der Waals surface area contributed by atoms with Crippen LogP contribution in [0.25, 0.3) is 20.3 Å². The van der Waals surface area contributed by atoms with Gasteiger partial charge in [-0.25, -0.2) is 9.37 Å². The number of carbonyl (C=O) groups is 1. The zero-order valence-electron chi connectivity index (χ0n) is 14.5. The summed E-state index contributed by atoms with van der Waals surface area (Å²) in [4.78, 5) is 20.4. The summed E-state index contributed by atoms with van der Waals surface area (Å²) in [5.41, 5.74) is 1.03. The van der Waals surface area contributed by atoms with Gasteiger partial charge >= 0.3 is 0 Å². The molecular weight excluding hydrogens is 379 g/mol. The van der Waals surface area contributed by atoms with Crippen LogP contribution >= 0.6 is 22.7 Å². The second-order valence-corrected chi connectivity index (χ2v) is 9.05. The van der Waals surface area contributed by atoms with Gasteiger partial charge in [0.1, 0.15) is 5.82 Å².